The van der Waals surface area contributed by atoms with Crippen LogP contribution >= 0.6 is 0 Å². The van der Waals surface area contributed by atoms with Crippen LogP contribution in [0.4, 0.5) is 0 Å². The van der Waals surface area contributed by atoms with Gasteiger partial charge in [-0.25, -0.2) is 0 Å². The molecular weight excluding hydrogens is 1020 g/mol. The summed E-state index contributed by atoms with van der Waals surface area (Å²) in [6, 6.07) is 5.76. The van der Waals surface area contributed by atoms with Crippen molar-refractivity contribution in [3.8, 4) is 40.1 Å². The smallest absolute Gasteiger partial charge is 0.599 e. The molecule has 3 aromatic rings. The maximum absolute atomic E-state index is 14.7. The summed E-state index contributed by atoms with van der Waals surface area (Å²) in [5.41, 5.74) is -1.44. The van der Waals surface area contributed by atoms with E-state index in [1.165, 1.54) is 33.3 Å². The highest BCUT2D eigenvalue weighted by Crippen LogP contribution is 2.44. The molecule has 26 heteroatoms. The Balaban J connectivity index is 1.26. The van der Waals surface area contributed by atoms with Gasteiger partial charge in [-0.2, -0.15) is 0 Å². The zero-order valence-electron chi connectivity index (χ0n) is 42.9. The molecule has 4 aliphatic heterocycles. The second-order valence-corrected chi connectivity index (χ2v) is 27.2. The molecule has 0 aliphatic carbocycles. The Morgan fingerprint density at radius 1 is 0.671 bits per heavy atom. The molecular formula is C47H71AlO23Si2. The average molecular weight is 1090 g/mol. The Bertz CT molecular complexity index is 2440. The van der Waals surface area contributed by atoms with Crippen LogP contribution in [0.2, 0.25) is 0 Å². The molecule has 19 unspecified atom stereocenters. The number of phenols is 3. The predicted octanol–water partition coefficient (Wildman–Crippen LogP) is 2.47. The van der Waals surface area contributed by atoms with Gasteiger partial charge in [-0.05, 0) is 66.5 Å². The molecule has 4 fully saturated rings. The van der Waals surface area contributed by atoms with Crippen LogP contribution in [0.1, 0.15) is 69.2 Å². The van der Waals surface area contributed by atoms with E-state index in [2.05, 4.69) is 48.5 Å². The van der Waals surface area contributed by atoms with E-state index in [0.29, 0.717) is 0 Å². The fourth-order valence-corrected chi connectivity index (χ4v) is 19.5. The van der Waals surface area contributed by atoms with E-state index in [9.17, 15) is 50.8 Å². The van der Waals surface area contributed by atoms with Crippen LogP contribution in [0.5, 0.6) is 28.7 Å². The molecule has 0 spiro atoms. The van der Waals surface area contributed by atoms with Gasteiger partial charge < -0.3 is 102 Å². The Morgan fingerprint density at radius 3 is 1.85 bits per heavy atom. The van der Waals surface area contributed by atoms with Crippen LogP contribution in [0.25, 0.3) is 22.3 Å². The van der Waals surface area contributed by atoms with Crippen molar-refractivity contribution in [3.63, 3.8) is 0 Å². The summed E-state index contributed by atoms with van der Waals surface area (Å²) in [5, 5.41) is 95.8. The van der Waals surface area contributed by atoms with E-state index in [0.717, 1.165) is 18.2 Å². The number of phenolic OH excluding ortho intramolecular Hbond substituents is 3. The first-order chi connectivity index (χ1) is 34.3. The lowest BCUT2D eigenvalue weighted by Crippen LogP contribution is -2.72. The summed E-state index contributed by atoms with van der Waals surface area (Å²) in [5.74, 6) is -2.80. The molecule has 7 rings (SSSR count). The first kappa shape index (κ1) is 57.7. The summed E-state index contributed by atoms with van der Waals surface area (Å²) in [4.78, 5) is 14.7. The van der Waals surface area contributed by atoms with Gasteiger partial charge in [0.1, 0.15) is 59.4 Å². The summed E-state index contributed by atoms with van der Waals surface area (Å²) < 4.78 is 81.4. The van der Waals surface area contributed by atoms with Crippen LogP contribution in [0.3, 0.4) is 0 Å². The minimum absolute atomic E-state index is 0.0107. The zero-order valence-corrected chi connectivity index (χ0v) is 46.0. The predicted molar refractivity (Wildman–Crippen MR) is 259 cm³/mol. The van der Waals surface area contributed by atoms with E-state index < -0.39 is 153 Å². The van der Waals surface area contributed by atoms with Crippen molar-refractivity contribution in [2.75, 3.05) is 20.8 Å². The van der Waals surface area contributed by atoms with Crippen LogP contribution in [0.15, 0.2) is 39.5 Å². The van der Waals surface area contributed by atoms with Crippen molar-refractivity contribution in [3.05, 3.63) is 40.6 Å². The number of aliphatic hydroxyl groups excluding tert-OH is 6. The van der Waals surface area contributed by atoms with Gasteiger partial charge in [-0.1, -0.05) is 62.3 Å². The van der Waals surface area contributed by atoms with Crippen LogP contribution in [-0.4, -0.2) is 174 Å². The Hall–Kier alpha value is -3.02. The third-order valence-electron chi connectivity index (χ3n) is 15.1. The summed E-state index contributed by atoms with van der Waals surface area (Å²) >= 11 is -3.66. The van der Waals surface area contributed by atoms with Gasteiger partial charge in [0.05, 0.1) is 30.7 Å². The second-order valence-electron chi connectivity index (χ2n) is 20.4. The lowest BCUT2D eigenvalue weighted by Gasteiger charge is -2.45. The number of hydrogen-bond donors (Lipinski definition) is 9. The van der Waals surface area contributed by atoms with Crippen molar-refractivity contribution in [2.45, 2.75) is 143 Å². The minimum atomic E-state index is -4.33. The molecule has 73 heavy (non-hydrogen) atoms. The minimum Gasteiger partial charge on any atom is -0.599 e. The zero-order chi connectivity index (χ0) is 53.8. The third-order valence-corrected chi connectivity index (χ3v) is 23.5. The number of aromatic hydroxyl groups is 3. The van der Waals surface area contributed by atoms with Crippen molar-refractivity contribution in [1.29, 1.82) is 0 Å². The fraction of sp³-hybridized carbons (Fsp3) is 0.681. The molecule has 2 aromatic carbocycles. The Labute approximate surface area is 430 Å². The quantitative estimate of drug-likeness (QED) is 0.0877. The first-order valence-electron chi connectivity index (χ1n) is 24.5. The SMILES string of the molecule is CO[Si]12OC(C(C)C)C(C)C(C)C(C)C(C)C(C(C)C(C)C)O[Si](OC)([O][Al]([O]c3cc(O)c4c(=O)c(OC5OC(COC6OC(C)C(O)C(O)C6O)C(O)C(O)C5O)c(-c5ccc(O)c(O)c5)oc4c3)[O]1)O2. The van der Waals surface area contributed by atoms with Crippen LogP contribution < -0.4 is 14.0 Å². The standard InChI is InChI=1S/C27H30O16.C20H42O7Si2.Al/c1-8-17(32)20(35)22(37)26(40-8)39-7-15-18(33)21(36)23(38)27(42-15)43-25-19(34)16-13(31)5-10(28)6-14(16)41-24(25)9-2-3-11(29)12(30)4-9;1-12(2)14(5)20-18(9)16(7)15(6)17(8)19(13(3)4)25-28(21,23-10)27-29(22,24-11)26-20;/h2-6,8,15,17-18,20-23,26-33,35-38H,7H2,1H3;12-20H,1-11H3;/q;-2;+3/p-1. The van der Waals surface area contributed by atoms with Gasteiger partial charge in [0.15, 0.2) is 23.5 Å². The van der Waals surface area contributed by atoms with Crippen molar-refractivity contribution < 1.29 is 102 Å². The maximum Gasteiger partial charge on any atom is 0.988 e. The van der Waals surface area contributed by atoms with E-state index in [1.807, 2.05) is 13.8 Å². The largest absolute Gasteiger partial charge is 0.988 e. The molecule has 23 nitrogen and oxygen atoms in total. The number of hydrogen-bond acceptors (Lipinski definition) is 23. The average Bonchev–Trinajstić information content (AvgIpc) is 3.35. The van der Waals surface area contributed by atoms with E-state index in [4.69, 9.17) is 55.9 Å². The van der Waals surface area contributed by atoms with Gasteiger partial charge in [0, 0.05) is 31.9 Å². The number of ether oxygens (including phenoxy) is 4. The molecule has 0 amide bonds. The molecule has 4 saturated heterocycles. The van der Waals surface area contributed by atoms with E-state index in [-0.39, 0.29) is 58.3 Å². The van der Waals surface area contributed by atoms with Gasteiger partial charge in [0.25, 0.3) is 0 Å². The lowest BCUT2D eigenvalue weighted by molar-refractivity contribution is -0.318. The number of fused-ring (bicyclic) bond motifs is 3. The Kier molecular flexibility index (Phi) is 18.1. The molecule has 2 bridgehead atoms. The van der Waals surface area contributed by atoms with Crippen molar-refractivity contribution in [2.24, 2.45) is 41.4 Å². The molecule has 408 valence electrons. The summed E-state index contributed by atoms with van der Waals surface area (Å²) in [6.07, 6.45) is -17.6. The van der Waals surface area contributed by atoms with Gasteiger partial charge in [0.2, 0.25) is 17.5 Å². The highest BCUT2D eigenvalue weighted by Gasteiger charge is 2.72. The number of benzene rings is 2. The highest BCUT2D eigenvalue weighted by atomic mass is 28.5. The monoisotopic (exact) mass is 1090 g/mol. The van der Waals surface area contributed by atoms with E-state index in [1.54, 1.807) is 0 Å². The summed E-state index contributed by atoms with van der Waals surface area (Å²) in [6.45, 7) is 19.8. The third kappa shape index (κ3) is 11.6. The van der Waals surface area contributed by atoms with Crippen molar-refractivity contribution >= 4 is 44.2 Å². The highest BCUT2D eigenvalue weighted by molar-refractivity contribution is 6.78. The molecule has 9 N–H and O–H groups in total. The molecule has 19 atom stereocenters. The number of rotatable bonds is 13. The fourth-order valence-electron chi connectivity index (χ4n) is 9.71. The lowest BCUT2D eigenvalue weighted by atomic mass is 9.70. The van der Waals surface area contributed by atoms with Crippen LogP contribution in [-0.2, 0) is 43.0 Å². The van der Waals surface area contributed by atoms with Crippen molar-refractivity contribution in [1.82, 2.24) is 0 Å². The number of aliphatic hydroxyl groups is 6. The molecule has 0 saturated carbocycles. The molecule has 4 aliphatic rings. The van der Waals surface area contributed by atoms with E-state index >= 15 is 0 Å². The van der Waals surface area contributed by atoms with Gasteiger partial charge >= 0.3 is 33.2 Å². The topological polar surface area (TPSA) is 323 Å². The van der Waals surface area contributed by atoms with Gasteiger partial charge in [-0.15, -0.1) is 0 Å². The van der Waals surface area contributed by atoms with Crippen LogP contribution in [0, 0.1) is 41.4 Å². The first-order valence-corrected chi connectivity index (χ1v) is 29.2. The molecule has 5 heterocycles. The Morgan fingerprint density at radius 2 is 1.26 bits per heavy atom. The maximum atomic E-state index is 14.7. The second kappa shape index (κ2) is 22.9. The summed E-state index contributed by atoms with van der Waals surface area (Å²) in [7, 11) is -5.84. The normalized spacial score (nSPS) is 38.1. The molecule has 1 aromatic heterocycles. The molecule has 0 radical (unpaired) electrons. The van der Waals surface area contributed by atoms with Gasteiger partial charge in [-0.3, -0.25) is 4.79 Å².